The fourth-order valence-electron chi connectivity index (χ4n) is 3.76. The van der Waals surface area contributed by atoms with Crippen molar-refractivity contribution in [1.82, 2.24) is 10.3 Å². The second-order valence-corrected chi connectivity index (χ2v) is 8.15. The minimum atomic E-state index is -0.556. The molecule has 33 heavy (non-hydrogen) atoms. The second kappa shape index (κ2) is 10.3. The van der Waals surface area contributed by atoms with Crippen molar-refractivity contribution in [1.29, 1.82) is 0 Å². The normalized spacial score (nSPS) is 13.4. The Balaban J connectivity index is 1.40. The molecule has 1 saturated heterocycles. The molecule has 0 spiro atoms. The Bertz CT molecular complexity index is 1150. The van der Waals surface area contributed by atoms with E-state index >= 15 is 0 Å². The molecule has 1 aliphatic heterocycles. The van der Waals surface area contributed by atoms with Gasteiger partial charge in [-0.1, -0.05) is 17.7 Å². The summed E-state index contributed by atoms with van der Waals surface area (Å²) in [4.78, 5) is 30.1. The summed E-state index contributed by atoms with van der Waals surface area (Å²) in [6.45, 7) is 2.32. The molecule has 1 aromatic heterocycles. The maximum Gasteiger partial charge on any atom is 0.313 e. The van der Waals surface area contributed by atoms with Gasteiger partial charge in [-0.25, -0.2) is 4.98 Å². The predicted molar refractivity (Wildman–Crippen MR) is 126 cm³/mol. The number of benzene rings is 2. The third-order valence-corrected chi connectivity index (χ3v) is 5.66. The van der Waals surface area contributed by atoms with E-state index in [1.807, 2.05) is 12.1 Å². The minimum absolute atomic E-state index is 0.0726. The molecule has 8 nitrogen and oxygen atoms in total. The van der Waals surface area contributed by atoms with E-state index in [1.54, 1.807) is 30.5 Å². The third-order valence-electron chi connectivity index (χ3n) is 5.42. The first-order chi connectivity index (χ1) is 16.0. The molecule has 0 unspecified atom stereocenters. The number of hydrogen-bond acceptors (Lipinski definition) is 6. The van der Waals surface area contributed by atoms with Crippen molar-refractivity contribution in [2.45, 2.75) is 25.8 Å². The topological polar surface area (TPSA) is 97.6 Å². The van der Waals surface area contributed by atoms with Gasteiger partial charge in [-0.15, -0.1) is 0 Å². The van der Waals surface area contributed by atoms with Crippen LogP contribution in [0.5, 0.6) is 11.5 Å². The molecule has 1 amide bonds. The molecule has 4 rings (SSSR count). The molecule has 9 heteroatoms. The quantitative estimate of drug-likeness (QED) is 0.372. The van der Waals surface area contributed by atoms with Crippen LogP contribution < -0.4 is 15.0 Å². The van der Waals surface area contributed by atoms with Crippen LogP contribution in [0.2, 0.25) is 5.02 Å². The minimum Gasteiger partial charge on any atom is -0.450 e. The van der Waals surface area contributed by atoms with Gasteiger partial charge in [-0.3, -0.25) is 14.9 Å². The summed E-state index contributed by atoms with van der Waals surface area (Å²) in [7, 11) is 0. The van der Waals surface area contributed by atoms with E-state index in [9.17, 15) is 14.9 Å². The molecule has 0 bridgehead atoms. The Morgan fingerprint density at radius 2 is 1.88 bits per heavy atom. The van der Waals surface area contributed by atoms with Gasteiger partial charge in [0.15, 0.2) is 0 Å². The van der Waals surface area contributed by atoms with E-state index < -0.39 is 4.92 Å². The highest BCUT2D eigenvalue weighted by Crippen LogP contribution is 2.33. The monoisotopic (exact) mass is 466 g/mol. The van der Waals surface area contributed by atoms with Gasteiger partial charge in [0, 0.05) is 48.0 Å². The summed E-state index contributed by atoms with van der Waals surface area (Å²) < 4.78 is 5.63. The Morgan fingerprint density at radius 1 is 1.12 bits per heavy atom. The number of carbonyl (C=O) groups excluding carboxylic acids is 1. The number of carbonyl (C=O) groups is 1. The number of ether oxygens (including phenoxy) is 1. The second-order valence-electron chi connectivity index (χ2n) is 7.71. The number of anilines is 1. The van der Waals surface area contributed by atoms with Gasteiger partial charge in [0.05, 0.1) is 4.92 Å². The van der Waals surface area contributed by atoms with Crippen LogP contribution in [0.3, 0.4) is 0 Å². The predicted octanol–water partition coefficient (Wildman–Crippen LogP) is 5.36. The average molecular weight is 467 g/mol. The van der Waals surface area contributed by atoms with Crippen LogP contribution in [0, 0.1) is 10.1 Å². The van der Waals surface area contributed by atoms with E-state index in [0.717, 1.165) is 37.3 Å². The lowest BCUT2D eigenvalue weighted by Crippen LogP contribution is -2.32. The Labute approximate surface area is 196 Å². The van der Waals surface area contributed by atoms with Crippen LogP contribution in [0.25, 0.3) is 0 Å². The SMILES string of the molecule is O=C(NCc1cccnc1N1CCCCC1)c1ccc(Oc2ccc(Cl)cc2[N+](=O)[O-])cc1. The zero-order valence-corrected chi connectivity index (χ0v) is 18.6. The fraction of sp³-hybridized carbons (Fsp3) is 0.250. The largest absolute Gasteiger partial charge is 0.450 e. The van der Waals surface area contributed by atoms with Crippen molar-refractivity contribution in [2.24, 2.45) is 0 Å². The standard InChI is InChI=1S/C24H23ClN4O4/c25-19-8-11-22(21(15-19)29(31)32)33-20-9-6-17(7-10-20)24(30)27-16-18-5-4-12-26-23(18)28-13-2-1-3-14-28/h4-12,15H,1-3,13-14,16H2,(H,27,30). The highest BCUT2D eigenvalue weighted by Gasteiger charge is 2.18. The summed E-state index contributed by atoms with van der Waals surface area (Å²) >= 11 is 5.84. The summed E-state index contributed by atoms with van der Waals surface area (Å²) in [5.74, 6) is 1.14. The summed E-state index contributed by atoms with van der Waals surface area (Å²) in [5.41, 5.74) is 1.20. The van der Waals surface area contributed by atoms with Gasteiger partial charge in [0.25, 0.3) is 5.91 Å². The Morgan fingerprint density at radius 3 is 2.61 bits per heavy atom. The molecule has 170 valence electrons. The number of aromatic nitrogens is 1. The third kappa shape index (κ3) is 5.59. The van der Waals surface area contributed by atoms with Crippen molar-refractivity contribution in [2.75, 3.05) is 18.0 Å². The van der Waals surface area contributed by atoms with E-state index in [1.165, 1.54) is 24.6 Å². The molecule has 2 heterocycles. The maximum atomic E-state index is 12.7. The molecule has 3 aromatic rings. The zero-order chi connectivity index (χ0) is 23.2. The van der Waals surface area contributed by atoms with E-state index in [0.29, 0.717) is 17.9 Å². The molecule has 0 saturated carbocycles. The summed E-state index contributed by atoms with van der Waals surface area (Å²) in [6.07, 6.45) is 5.31. The van der Waals surface area contributed by atoms with E-state index in [4.69, 9.17) is 16.3 Å². The number of nitrogens with zero attached hydrogens (tertiary/aromatic N) is 3. The van der Waals surface area contributed by atoms with Crippen molar-refractivity contribution < 1.29 is 14.5 Å². The van der Waals surface area contributed by atoms with Gasteiger partial charge in [-0.05, 0) is 61.7 Å². The molecule has 1 aliphatic rings. The van der Waals surface area contributed by atoms with Gasteiger partial charge in [-0.2, -0.15) is 0 Å². The lowest BCUT2D eigenvalue weighted by Gasteiger charge is -2.29. The van der Waals surface area contributed by atoms with Gasteiger partial charge in [0.2, 0.25) is 5.75 Å². The molecule has 0 aliphatic carbocycles. The van der Waals surface area contributed by atoms with Crippen LogP contribution in [0.1, 0.15) is 35.2 Å². The number of nitrogens with one attached hydrogen (secondary N) is 1. The molecule has 0 atom stereocenters. The molecular weight excluding hydrogens is 444 g/mol. The number of hydrogen-bond donors (Lipinski definition) is 1. The highest BCUT2D eigenvalue weighted by atomic mass is 35.5. The molecule has 0 radical (unpaired) electrons. The van der Waals surface area contributed by atoms with Gasteiger partial charge in [0.1, 0.15) is 11.6 Å². The number of pyridine rings is 1. The number of nitro groups is 1. The maximum absolute atomic E-state index is 12.7. The molecule has 1 fully saturated rings. The van der Waals surface area contributed by atoms with Crippen molar-refractivity contribution in [3.05, 3.63) is 87.1 Å². The lowest BCUT2D eigenvalue weighted by molar-refractivity contribution is -0.385. The smallest absolute Gasteiger partial charge is 0.313 e. The van der Waals surface area contributed by atoms with Crippen LogP contribution in [0.4, 0.5) is 11.5 Å². The first kappa shape index (κ1) is 22.5. The van der Waals surface area contributed by atoms with Crippen LogP contribution in [-0.4, -0.2) is 28.9 Å². The van der Waals surface area contributed by atoms with Crippen molar-refractivity contribution >= 4 is 29.0 Å². The number of rotatable bonds is 7. The van der Waals surface area contributed by atoms with Gasteiger partial charge >= 0.3 is 5.69 Å². The lowest BCUT2D eigenvalue weighted by atomic mass is 10.1. The highest BCUT2D eigenvalue weighted by molar-refractivity contribution is 6.30. The first-order valence-corrected chi connectivity index (χ1v) is 11.1. The first-order valence-electron chi connectivity index (χ1n) is 10.7. The number of halogens is 1. The van der Waals surface area contributed by atoms with Crippen molar-refractivity contribution in [3.8, 4) is 11.5 Å². The van der Waals surface area contributed by atoms with E-state index in [-0.39, 0.29) is 22.4 Å². The Hall–Kier alpha value is -3.65. The molecule has 1 N–H and O–H groups in total. The van der Waals surface area contributed by atoms with Crippen LogP contribution in [0.15, 0.2) is 60.8 Å². The molecule has 2 aromatic carbocycles. The van der Waals surface area contributed by atoms with E-state index in [2.05, 4.69) is 15.2 Å². The average Bonchev–Trinajstić information content (AvgIpc) is 2.84. The molecular formula is C24H23ClN4O4. The Kier molecular flexibility index (Phi) is 7.04. The van der Waals surface area contributed by atoms with Crippen LogP contribution in [-0.2, 0) is 6.54 Å². The van der Waals surface area contributed by atoms with Crippen LogP contribution >= 0.6 is 11.6 Å². The summed E-state index contributed by atoms with van der Waals surface area (Å²) in [6, 6.07) is 14.5. The number of amides is 1. The summed E-state index contributed by atoms with van der Waals surface area (Å²) in [5, 5.41) is 14.4. The zero-order valence-electron chi connectivity index (χ0n) is 17.9. The van der Waals surface area contributed by atoms with Gasteiger partial charge < -0.3 is 15.0 Å². The fourth-order valence-corrected chi connectivity index (χ4v) is 3.92. The number of piperidine rings is 1. The van der Waals surface area contributed by atoms with Crippen molar-refractivity contribution in [3.63, 3.8) is 0 Å². The number of nitro benzene ring substituents is 1.